The van der Waals surface area contributed by atoms with Crippen LogP contribution in [-0.2, 0) is 17.8 Å². The van der Waals surface area contributed by atoms with E-state index in [2.05, 4.69) is 10.3 Å². The van der Waals surface area contributed by atoms with Crippen molar-refractivity contribution >= 4 is 34.0 Å². The van der Waals surface area contributed by atoms with Gasteiger partial charge in [-0.05, 0) is 49.3 Å². The van der Waals surface area contributed by atoms with Crippen molar-refractivity contribution in [3.8, 4) is 0 Å². The van der Waals surface area contributed by atoms with Crippen molar-refractivity contribution in [2.45, 2.75) is 30.8 Å². The molecule has 1 heterocycles. The SMILES string of the molecule is Cn1cnc(C2CC3CC(O)(CS(C)=O)C3C2)c1C(=O)Nc1ccc(F)c(Cl)c1. The molecule has 5 atom stereocenters. The summed E-state index contributed by atoms with van der Waals surface area (Å²) in [7, 11) is 0.699. The highest BCUT2D eigenvalue weighted by molar-refractivity contribution is 7.84. The Kier molecular flexibility index (Phi) is 5.29. The monoisotopic (exact) mass is 439 g/mol. The van der Waals surface area contributed by atoms with Gasteiger partial charge in [0.2, 0.25) is 0 Å². The number of amides is 1. The van der Waals surface area contributed by atoms with E-state index in [0.29, 0.717) is 35.2 Å². The summed E-state index contributed by atoms with van der Waals surface area (Å²) in [5.41, 5.74) is 0.674. The summed E-state index contributed by atoms with van der Waals surface area (Å²) in [5.74, 6) is -0.0859. The summed E-state index contributed by atoms with van der Waals surface area (Å²) < 4.78 is 26.6. The Labute approximate surface area is 175 Å². The van der Waals surface area contributed by atoms with E-state index < -0.39 is 22.2 Å². The van der Waals surface area contributed by atoms with Crippen LogP contribution in [0.5, 0.6) is 0 Å². The molecule has 0 spiro atoms. The first kappa shape index (κ1) is 20.5. The van der Waals surface area contributed by atoms with Crippen molar-refractivity contribution in [1.29, 1.82) is 0 Å². The van der Waals surface area contributed by atoms with Gasteiger partial charge in [-0.2, -0.15) is 0 Å². The number of benzene rings is 1. The average Bonchev–Trinajstić information content (AvgIpc) is 3.18. The van der Waals surface area contributed by atoms with Gasteiger partial charge in [0.15, 0.2) is 0 Å². The summed E-state index contributed by atoms with van der Waals surface area (Å²) in [6.45, 7) is 0. The molecule has 2 aliphatic rings. The molecule has 4 rings (SSSR count). The molecule has 2 fully saturated rings. The highest BCUT2D eigenvalue weighted by atomic mass is 35.5. The first-order chi connectivity index (χ1) is 13.7. The van der Waals surface area contributed by atoms with Crippen molar-refractivity contribution in [1.82, 2.24) is 9.55 Å². The standard InChI is InChI=1S/C20H23ClFN3O3S/c1-25-10-23-17(11-5-12-8-20(27,9-29(2)28)14(12)6-11)18(25)19(26)24-13-3-4-16(22)15(21)7-13/h3-4,7,10-12,14,27H,5-6,8-9H2,1-2H3,(H,24,26). The third-order valence-corrected chi connectivity index (χ3v) is 7.39. The molecule has 29 heavy (non-hydrogen) atoms. The predicted molar refractivity (Wildman–Crippen MR) is 110 cm³/mol. The summed E-state index contributed by atoms with van der Waals surface area (Å²) in [6.07, 6.45) is 5.44. The van der Waals surface area contributed by atoms with Gasteiger partial charge in [-0.25, -0.2) is 9.37 Å². The van der Waals surface area contributed by atoms with Gasteiger partial charge in [0.1, 0.15) is 11.5 Å². The first-order valence-corrected chi connectivity index (χ1v) is 11.6. The Hall–Kier alpha value is -1.77. The molecule has 2 aromatic rings. The molecule has 0 radical (unpaired) electrons. The predicted octanol–water partition coefficient (Wildman–Crippen LogP) is 3.09. The summed E-state index contributed by atoms with van der Waals surface area (Å²) in [4.78, 5) is 17.4. The minimum absolute atomic E-state index is 0.0584. The van der Waals surface area contributed by atoms with Crippen molar-refractivity contribution < 1.29 is 18.5 Å². The lowest BCUT2D eigenvalue weighted by Gasteiger charge is -2.48. The number of fused-ring (bicyclic) bond motifs is 1. The number of imidazole rings is 1. The molecule has 0 bridgehead atoms. The smallest absolute Gasteiger partial charge is 0.274 e. The molecular formula is C20H23ClFN3O3S. The normalized spacial score (nSPS) is 29.2. The lowest BCUT2D eigenvalue weighted by atomic mass is 9.64. The Balaban J connectivity index is 1.53. The Morgan fingerprint density at radius 3 is 2.93 bits per heavy atom. The van der Waals surface area contributed by atoms with Crippen LogP contribution in [0.15, 0.2) is 24.5 Å². The molecule has 0 saturated heterocycles. The summed E-state index contributed by atoms with van der Waals surface area (Å²) in [5, 5.41) is 13.5. The molecule has 156 valence electrons. The lowest BCUT2D eigenvalue weighted by Crippen LogP contribution is -2.55. The van der Waals surface area contributed by atoms with E-state index in [0.717, 1.165) is 12.8 Å². The van der Waals surface area contributed by atoms with E-state index in [-0.39, 0.29) is 22.8 Å². The van der Waals surface area contributed by atoms with Gasteiger partial charge in [-0.3, -0.25) is 9.00 Å². The number of hydrogen-bond donors (Lipinski definition) is 2. The van der Waals surface area contributed by atoms with Gasteiger partial charge in [-0.15, -0.1) is 0 Å². The molecule has 2 saturated carbocycles. The molecule has 1 aromatic carbocycles. The van der Waals surface area contributed by atoms with Crippen LogP contribution in [0.2, 0.25) is 5.02 Å². The lowest BCUT2D eigenvalue weighted by molar-refractivity contribution is -0.106. The van der Waals surface area contributed by atoms with Crippen LogP contribution in [-0.4, -0.2) is 42.4 Å². The maximum absolute atomic E-state index is 13.4. The highest BCUT2D eigenvalue weighted by Gasteiger charge is 2.57. The number of halogens is 2. The van der Waals surface area contributed by atoms with Crippen molar-refractivity contribution in [2.75, 3.05) is 17.3 Å². The zero-order valence-electron chi connectivity index (χ0n) is 16.2. The van der Waals surface area contributed by atoms with Gasteiger partial charge in [0.25, 0.3) is 5.91 Å². The largest absolute Gasteiger partial charge is 0.389 e. The van der Waals surface area contributed by atoms with E-state index >= 15 is 0 Å². The number of aromatic nitrogens is 2. The third kappa shape index (κ3) is 3.73. The fourth-order valence-corrected chi connectivity index (χ4v) is 6.20. The number of aliphatic hydroxyl groups is 1. The van der Waals surface area contributed by atoms with Crippen molar-refractivity contribution in [3.63, 3.8) is 0 Å². The molecule has 1 aromatic heterocycles. The molecular weight excluding hydrogens is 417 g/mol. The first-order valence-electron chi connectivity index (χ1n) is 9.48. The number of rotatable bonds is 5. The number of anilines is 1. The van der Waals surface area contributed by atoms with Crippen LogP contribution < -0.4 is 5.32 Å². The topological polar surface area (TPSA) is 84.2 Å². The zero-order chi connectivity index (χ0) is 20.9. The molecule has 1 amide bonds. The maximum atomic E-state index is 13.4. The van der Waals surface area contributed by atoms with Gasteiger partial charge in [0.05, 0.1) is 28.4 Å². The van der Waals surface area contributed by atoms with Crippen molar-refractivity contribution in [3.05, 3.63) is 46.8 Å². The zero-order valence-corrected chi connectivity index (χ0v) is 17.8. The number of nitrogens with one attached hydrogen (secondary N) is 1. The number of nitrogens with zero attached hydrogens (tertiary/aromatic N) is 2. The summed E-state index contributed by atoms with van der Waals surface area (Å²) in [6, 6.07) is 4.02. The highest BCUT2D eigenvalue weighted by Crippen LogP contribution is 2.58. The molecule has 0 aliphatic heterocycles. The van der Waals surface area contributed by atoms with Crippen LogP contribution in [0.4, 0.5) is 10.1 Å². The van der Waals surface area contributed by atoms with Crippen LogP contribution in [0.25, 0.3) is 0 Å². The Bertz CT molecular complexity index is 997. The van der Waals surface area contributed by atoms with E-state index in [4.69, 9.17) is 11.6 Å². The van der Waals surface area contributed by atoms with Gasteiger partial charge < -0.3 is 15.0 Å². The van der Waals surface area contributed by atoms with Gasteiger partial charge >= 0.3 is 0 Å². The minimum atomic E-state index is -1.05. The molecule has 6 nitrogen and oxygen atoms in total. The number of carbonyl (C=O) groups is 1. The maximum Gasteiger partial charge on any atom is 0.274 e. The Morgan fingerprint density at radius 2 is 2.24 bits per heavy atom. The fourth-order valence-electron chi connectivity index (χ4n) is 4.98. The van der Waals surface area contributed by atoms with Gasteiger partial charge in [0, 0.05) is 35.7 Å². The number of hydrogen-bond acceptors (Lipinski definition) is 4. The van der Waals surface area contributed by atoms with E-state index in [1.54, 1.807) is 24.2 Å². The van der Waals surface area contributed by atoms with Crippen LogP contribution >= 0.6 is 11.6 Å². The third-order valence-electron chi connectivity index (χ3n) is 6.20. The molecule has 2 N–H and O–H groups in total. The van der Waals surface area contributed by atoms with Crippen LogP contribution in [0.3, 0.4) is 0 Å². The number of aryl methyl sites for hydroxylation is 1. The Morgan fingerprint density at radius 1 is 1.48 bits per heavy atom. The van der Waals surface area contributed by atoms with Gasteiger partial charge in [-0.1, -0.05) is 11.6 Å². The quantitative estimate of drug-likeness (QED) is 0.749. The van der Waals surface area contributed by atoms with E-state index in [1.807, 2.05) is 0 Å². The second-order valence-corrected chi connectivity index (χ2v) is 10.1. The van der Waals surface area contributed by atoms with Crippen LogP contribution in [0, 0.1) is 17.7 Å². The van der Waals surface area contributed by atoms with Crippen molar-refractivity contribution in [2.24, 2.45) is 18.9 Å². The second kappa shape index (κ2) is 7.49. The second-order valence-electron chi connectivity index (χ2n) is 8.23. The molecule has 2 aliphatic carbocycles. The average molecular weight is 440 g/mol. The summed E-state index contributed by atoms with van der Waals surface area (Å²) >= 11 is 5.80. The molecule has 9 heteroatoms. The molecule has 5 unspecified atom stereocenters. The van der Waals surface area contributed by atoms with E-state index in [1.165, 1.54) is 18.2 Å². The fraction of sp³-hybridized carbons (Fsp3) is 0.500. The van der Waals surface area contributed by atoms with E-state index in [9.17, 15) is 18.5 Å². The minimum Gasteiger partial charge on any atom is -0.389 e. The number of carbonyl (C=O) groups excluding carboxylic acids is 1. The van der Waals surface area contributed by atoms with Crippen LogP contribution in [0.1, 0.15) is 41.4 Å².